The van der Waals surface area contributed by atoms with Gasteiger partial charge in [-0.05, 0) is 32.6 Å². The fourth-order valence-electron chi connectivity index (χ4n) is 3.84. The largest absolute Gasteiger partial charge is 0.457 e. The van der Waals surface area contributed by atoms with Crippen molar-refractivity contribution in [2.45, 2.75) is 51.0 Å². The molecule has 3 rings (SSSR count). The minimum Gasteiger partial charge on any atom is -0.457 e. The highest BCUT2D eigenvalue weighted by molar-refractivity contribution is 5.92. The van der Waals surface area contributed by atoms with Gasteiger partial charge in [-0.25, -0.2) is 0 Å². The number of hydrogen-bond acceptors (Lipinski definition) is 3. The average molecular weight is 208 g/mol. The molecule has 1 saturated heterocycles. The Morgan fingerprint density at radius 3 is 2.80 bits per heavy atom. The minimum absolute atomic E-state index is 0.0144. The van der Waals surface area contributed by atoms with Crippen molar-refractivity contribution in [3.63, 3.8) is 0 Å². The number of Topliss-reactive ketones (excluding diaryl/α,β-unsaturated/α-hetero) is 1. The Hall–Kier alpha value is -0.860. The van der Waals surface area contributed by atoms with Crippen molar-refractivity contribution in [2.24, 2.45) is 11.3 Å². The highest BCUT2D eigenvalue weighted by atomic mass is 16.6. The third-order valence-corrected chi connectivity index (χ3v) is 4.80. The van der Waals surface area contributed by atoms with Crippen LogP contribution in [0.2, 0.25) is 0 Å². The first-order valence-electron chi connectivity index (χ1n) is 5.86. The molecule has 3 aliphatic rings. The van der Waals surface area contributed by atoms with Crippen LogP contribution >= 0.6 is 0 Å². The molecule has 3 fully saturated rings. The van der Waals surface area contributed by atoms with Crippen LogP contribution in [0.3, 0.4) is 0 Å². The van der Waals surface area contributed by atoms with Gasteiger partial charge in [-0.2, -0.15) is 0 Å². The zero-order valence-electron chi connectivity index (χ0n) is 9.04. The van der Waals surface area contributed by atoms with E-state index in [2.05, 4.69) is 0 Å². The van der Waals surface area contributed by atoms with Crippen molar-refractivity contribution < 1.29 is 14.3 Å². The third-order valence-electron chi connectivity index (χ3n) is 4.80. The quantitative estimate of drug-likeness (QED) is 0.570. The average Bonchev–Trinajstić information content (AvgIpc) is 2.19. The minimum atomic E-state index is -0.405. The van der Waals surface area contributed by atoms with Gasteiger partial charge >= 0.3 is 5.97 Å². The van der Waals surface area contributed by atoms with Crippen LogP contribution < -0.4 is 0 Å². The molecule has 82 valence electrons. The zero-order valence-corrected chi connectivity index (χ0v) is 9.04. The van der Waals surface area contributed by atoms with E-state index in [1.54, 1.807) is 0 Å². The Labute approximate surface area is 89.2 Å². The third kappa shape index (κ3) is 0.876. The molecule has 3 nitrogen and oxygen atoms in total. The lowest BCUT2D eigenvalue weighted by molar-refractivity contribution is -0.258. The molecule has 1 aliphatic heterocycles. The Morgan fingerprint density at radius 2 is 2.07 bits per heavy atom. The molecule has 0 radical (unpaired) electrons. The summed E-state index contributed by atoms with van der Waals surface area (Å²) in [6, 6.07) is 0. The van der Waals surface area contributed by atoms with E-state index in [1.807, 2.05) is 6.92 Å². The van der Waals surface area contributed by atoms with Gasteiger partial charge in [0.25, 0.3) is 0 Å². The summed E-state index contributed by atoms with van der Waals surface area (Å²) >= 11 is 0. The predicted octanol–water partition coefficient (Wildman–Crippen LogP) is 1.84. The summed E-state index contributed by atoms with van der Waals surface area (Å²) < 4.78 is 5.45. The SMILES string of the molecule is C[C@]12CCC[C@@H]3C(=O)O[C@@]31CCCC2=O. The van der Waals surface area contributed by atoms with Crippen LogP contribution in [-0.4, -0.2) is 17.4 Å². The highest BCUT2D eigenvalue weighted by Gasteiger charge is 2.70. The fourth-order valence-corrected chi connectivity index (χ4v) is 3.84. The van der Waals surface area contributed by atoms with Gasteiger partial charge in [0.05, 0.1) is 11.3 Å². The summed E-state index contributed by atoms with van der Waals surface area (Å²) in [4.78, 5) is 23.5. The number of carbonyl (C=O) groups is 2. The summed E-state index contributed by atoms with van der Waals surface area (Å²) in [5.41, 5.74) is -0.778. The molecule has 0 aromatic carbocycles. The maximum atomic E-state index is 12.1. The van der Waals surface area contributed by atoms with Gasteiger partial charge in [-0.1, -0.05) is 6.42 Å². The Bertz CT molecular complexity index is 349. The van der Waals surface area contributed by atoms with Crippen molar-refractivity contribution in [3.8, 4) is 0 Å². The second-order valence-electron chi connectivity index (χ2n) is 5.36. The van der Waals surface area contributed by atoms with Crippen LogP contribution in [0.4, 0.5) is 0 Å². The molecule has 3 heteroatoms. The Balaban J connectivity index is 2.04. The van der Waals surface area contributed by atoms with Crippen LogP contribution in [-0.2, 0) is 14.3 Å². The van der Waals surface area contributed by atoms with Gasteiger partial charge in [-0.15, -0.1) is 0 Å². The molecule has 0 aromatic rings. The monoisotopic (exact) mass is 208 g/mol. The van der Waals surface area contributed by atoms with Gasteiger partial charge in [0.2, 0.25) is 0 Å². The van der Waals surface area contributed by atoms with Crippen LogP contribution in [0, 0.1) is 11.3 Å². The van der Waals surface area contributed by atoms with E-state index in [4.69, 9.17) is 4.74 Å². The second-order valence-corrected chi connectivity index (χ2v) is 5.36. The van der Waals surface area contributed by atoms with Crippen LogP contribution in [0.1, 0.15) is 45.4 Å². The van der Waals surface area contributed by atoms with Crippen molar-refractivity contribution in [3.05, 3.63) is 0 Å². The van der Waals surface area contributed by atoms with Gasteiger partial charge < -0.3 is 4.74 Å². The molecule has 0 bridgehead atoms. The summed E-state index contributed by atoms with van der Waals surface area (Å²) in [5.74, 6) is 0.252. The summed E-state index contributed by atoms with van der Waals surface area (Å²) in [5, 5.41) is 0. The molecule has 0 unspecified atom stereocenters. The normalized spacial score (nSPS) is 48.7. The standard InChI is InChI=1S/C12H16O3/c1-11-6-2-4-8-10(14)15-12(8,11)7-3-5-9(11)13/h8H,2-7H2,1H3/t8-,11-,12+/m1/s1. The van der Waals surface area contributed by atoms with E-state index in [9.17, 15) is 9.59 Å². The number of rotatable bonds is 0. The second kappa shape index (κ2) is 2.63. The maximum Gasteiger partial charge on any atom is 0.313 e. The molecular weight excluding hydrogens is 192 g/mol. The lowest BCUT2D eigenvalue weighted by Crippen LogP contribution is -2.71. The number of ketones is 1. The zero-order chi connectivity index (χ0) is 10.7. The van der Waals surface area contributed by atoms with Crippen LogP contribution in [0.15, 0.2) is 0 Å². The molecule has 0 amide bonds. The molecule has 1 heterocycles. The maximum absolute atomic E-state index is 12.1. The van der Waals surface area contributed by atoms with Crippen molar-refractivity contribution >= 4 is 11.8 Å². The molecular formula is C12H16O3. The molecule has 15 heavy (non-hydrogen) atoms. The first kappa shape index (κ1) is 9.37. The predicted molar refractivity (Wildman–Crippen MR) is 53.1 cm³/mol. The lowest BCUT2D eigenvalue weighted by Gasteiger charge is -2.61. The Kier molecular flexibility index (Phi) is 1.64. The van der Waals surface area contributed by atoms with E-state index in [-0.39, 0.29) is 17.3 Å². The van der Waals surface area contributed by atoms with Crippen LogP contribution in [0.5, 0.6) is 0 Å². The van der Waals surface area contributed by atoms with E-state index >= 15 is 0 Å². The van der Waals surface area contributed by atoms with E-state index in [1.165, 1.54) is 0 Å². The van der Waals surface area contributed by atoms with Crippen LogP contribution in [0.25, 0.3) is 0 Å². The highest BCUT2D eigenvalue weighted by Crippen LogP contribution is 2.60. The van der Waals surface area contributed by atoms with E-state index < -0.39 is 5.60 Å². The molecule has 2 saturated carbocycles. The van der Waals surface area contributed by atoms with Gasteiger partial charge in [0, 0.05) is 6.42 Å². The number of hydrogen-bond donors (Lipinski definition) is 0. The number of ether oxygens (including phenoxy) is 1. The lowest BCUT2D eigenvalue weighted by atomic mass is 9.50. The molecule has 2 aliphatic carbocycles. The summed E-state index contributed by atoms with van der Waals surface area (Å²) in [6.07, 6.45) is 5.26. The Morgan fingerprint density at radius 1 is 1.27 bits per heavy atom. The van der Waals surface area contributed by atoms with Crippen molar-refractivity contribution in [1.29, 1.82) is 0 Å². The summed E-state index contributed by atoms with van der Waals surface area (Å²) in [7, 11) is 0. The molecule has 0 N–H and O–H groups in total. The number of carbonyl (C=O) groups excluding carboxylic acids is 2. The molecule has 0 aromatic heterocycles. The topological polar surface area (TPSA) is 43.4 Å². The number of esters is 1. The first-order chi connectivity index (χ1) is 7.10. The molecule has 1 spiro atoms. The van der Waals surface area contributed by atoms with E-state index in [0.29, 0.717) is 12.2 Å². The van der Waals surface area contributed by atoms with Crippen molar-refractivity contribution in [2.75, 3.05) is 0 Å². The van der Waals surface area contributed by atoms with Gasteiger partial charge in [0.15, 0.2) is 0 Å². The molecule has 3 atom stereocenters. The smallest absolute Gasteiger partial charge is 0.313 e. The summed E-state index contributed by atoms with van der Waals surface area (Å²) in [6.45, 7) is 2.01. The fraction of sp³-hybridized carbons (Fsp3) is 0.833. The van der Waals surface area contributed by atoms with Gasteiger partial charge in [-0.3, -0.25) is 9.59 Å². The first-order valence-corrected chi connectivity index (χ1v) is 5.86. The van der Waals surface area contributed by atoms with Crippen molar-refractivity contribution in [1.82, 2.24) is 0 Å². The van der Waals surface area contributed by atoms with E-state index in [0.717, 1.165) is 32.1 Å². The van der Waals surface area contributed by atoms with Gasteiger partial charge in [0.1, 0.15) is 11.4 Å².